The van der Waals surface area contributed by atoms with Crippen molar-refractivity contribution in [2.45, 2.75) is 52.6 Å². The Balaban J connectivity index is 2.47. The fraction of sp³-hybridized carbons (Fsp3) is 0.857. The summed E-state index contributed by atoms with van der Waals surface area (Å²) in [5, 5.41) is 12.1. The SMILES string of the molecule is CCC(CC)(CC(=O)NCC1CCOC1C)C(=O)O. The Bertz CT molecular complexity index is 325. The van der Waals surface area contributed by atoms with Crippen LogP contribution in [0.5, 0.6) is 0 Å². The molecule has 2 atom stereocenters. The third-order valence-corrected chi connectivity index (χ3v) is 4.40. The molecule has 110 valence electrons. The molecule has 2 N–H and O–H groups in total. The van der Waals surface area contributed by atoms with E-state index < -0.39 is 11.4 Å². The topological polar surface area (TPSA) is 75.6 Å². The molecule has 1 amide bonds. The molecule has 5 heteroatoms. The van der Waals surface area contributed by atoms with E-state index in [1.54, 1.807) is 0 Å². The minimum Gasteiger partial charge on any atom is -0.481 e. The zero-order chi connectivity index (χ0) is 14.5. The number of hydrogen-bond acceptors (Lipinski definition) is 3. The fourth-order valence-electron chi connectivity index (χ4n) is 2.54. The first-order valence-electron chi connectivity index (χ1n) is 7.07. The molecule has 0 saturated carbocycles. The number of carbonyl (C=O) groups excluding carboxylic acids is 1. The van der Waals surface area contributed by atoms with Crippen LogP contribution in [0.2, 0.25) is 0 Å². The Morgan fingerprint density at radius 2 is 2.00 bits per heavy atom. The molecule has 1 heterocycles. The average molecular weight is 271 g/mol. The molecule has 1 aliphatic heterocycles. The van der Waals surface area contributed by atoms with Gasteiger partial charge in [0, 0.05) is 25.5 Å². The van der Waals surface area contributed by atoms with Crippen LogP contribution in [-0.4, -0.2) is 36.2 Å². The summed E-state index contributed by atoms with van der Waals surface area (Å²) in [7, 11) is 0. The van der Waals surface area contributed by atoms with Gasteiger partial charge in [0.15, 0.2) is 0 Å². The van der Waals surface area contributed by atoms with Crippen molar-refractivity contribution in [3.63, 3.8) is 0 Å². The van der Waals surface area contributed by atoms with Gasteiger partial charge in [-0.15, -0.1) is 0 Å². The van der Waals surface area contributed by atoms with E-state index in [4.69, 9.17) is 4.74 Å². The monoisotopic (exact) mass is 271 g/mol. The molecule has 1 aliphatic rings. The highest BCUT2D eigenvalue weighted by Gasteiger charge is 2.37. The smallest absolute Gasteiger partial charge is 0.310 e. The van der Waals surface area contributed by atoms with Gasteiger partial charge in [-0.05, 0) is 26.2 Å². The lowest BCUT2D eigenvalue weighted by Gasteiger charge is -2.26. The number of ether oxygens (including phenoxy) is 1. The van der Waals surface area contributed by atoms with Crippen molar-refractivity contribution in [1.82, 2.24) is 5.32 Å². The largest absolute Gasteiger partial charge is 0.481 e. The van der Waals surface area contributed by atoms with Crippen LogP contribution in [0, 0.1) is 11.3 Å². The predicted molar refractivity (Wildman–Crippen MR) is 71.8 cm³/mol. The second kappa shape index (κ2) is 6.89. The second-order valence-corrected chi connectivity index (χ2v) is 5.40. The number of aliphatic carboxylic acids is 1. The van der Waals surface area contributed by atoms with Gasteiger partial charge in [0.1, 0.15) is 0 Å². The van der Waals surface area contributed by atoms with Gasteiger partial charge in [0.2, 0.25) is 5.91 Å². The molecule has 1 rings (SSSR count). The molecule has 0 aliphatic carbocycles. The van der Waals surface area contributed by atoms with Crippen LogP contribution in [0.25, 0.3) is 0 Å². The summed E-state index contributed by atoms with van der Waals surface area (Å²) in [6, 6.07) is 0. The molecule has 2 unspecified atom stereocenters. The van der Waals surface area contributed by atoms with Crippen molar-refractivity contribution in [3.05, 3.63) is 0 Å². The van der Waals surface area contributed by atoms with Gasteiger partial charge < -0.3 is 15.2 Å². The summed E-state index contributed by atoms with van der Waals surface area (Å²) in [5.74, 6) is -0.721. The van der Waals surface area contributed by atoms with Crippen LogP contribution in [0.3, 0.4) is 0 Å². The van der Waals surface area contributed by atoms with E-state index in [-0.39, 0.29) is 18.4 Å². The Kier molecular flexibility index (Phi) is 5.79. The minimum absolute atomic E-state index is 0.0529. The maximum atomic E-state index is 11.9. The molecule has 0 aromatic rings. The first kappa shape index (κ1) is 16.0. The van der Waals surface area contributed by atoms with Gasteiger partial charge in [0.05, 0.1) is 11.5 Å². The van der Waals surface area contributed by atoms with Crippen LogP contribution in [-0.2, 0) is 14.3 Å². The molecule has 1 saturated heterocycles. The Hall–Kier alpha value is -1.10. The highest BCUT2D eigenvalue weighted by atomic mass is 16.5. The van der Waals surface area contributed by atoms with Crippen molar-refractivity contribution < 1.29 is 19.4 Å². The van der Waals surface area contributed by atoms with E-state index in [2.05, 4.69) is 5.32 Å². The molecular formula is C14H25NO4. The van der Waals surface area contributed by atoms with E-state index in [0.717, 1.165) is 13.0 Å². The third kappa shape index (κ3) is 3.93. The summed E-state index contributed by atoms with van der Waals surface area (Å²) >= 11 is 0. The minimum atomic E-state index is -0.929. The molecule has 0 bridgehead atoms. The summed E-state index contributed by atoms with van der Waals surface area (Å²) in [4.78, 5) is 23.3. The normalized spacial score (nSPS) is 23.3. The molecule has 5 nitrogen and oxygen atoms in total. The number of nitrogens with one attached hydrogen (secondary N) is 1. The van der Waals surface area contributed by atoms with Crippen LogP contribution >= 0.6 is 0 Å². The summed E-state index contributed by atoms with van der Waals surface area (Å²) in [6.45, 7) is 6.95. The number of rotatable bonds is 7. The van der Waals surface area contributed by atoms with Crippen LogP contribution in [0.15, 0.2) is 0 Å². The number of amides is 1. The Labute approximate surface area is 114 Å². The first-order chi connectivity index (χ1) is 8.95. The third-order valence-electron chi connectivity index (χ3n) is 4.40. The zero-order valence-corrected chi connectivity index (χ0v) is 12.1. The predicted octanol–water partition coefficient (Wildman–Crippen LogP) is 1.81. The number of carbonyl (C=O) groups is 2. The van der Waals surface area contributed by atoms with Crippen LogP contribution in [0.1, 0.15) is 46.5 Å². The molecule has 0 radical (unpaired) electrons. The molecule has 19 heavy (non-hydrogen) atoms. The van der Waals surface area contributed by atoms with E-state index in [0.29, 0.717) is 25.3 Å². The van der Waals surface area contributed by atoms with Crippen LogP contribution in [0.4, 0.5) is 0 Å². The fourth-order valence-corrected chi connectivity index (χ4v) is 2.54. The first-order valence-corrected chi connectivity index (χ1v) is 7.07. The summed E-state index contributed by atoms with van der Waals surface area (Å²) in [6.07, 6.45) is 2.11. The van der Waals surface area contributed by atoms with Crippen molar-refractivity contribution in [2.24, 2.45) is 11.3 Å². The zero-order valence-electron chi connectivity index (χ0n) is 12.1. The average Bonchev–Trinajstić information content (AvgIpc) is 2.79. The summed E-state index contributed by atoms with van der Waals surface area (Å²) in [5.41, 5.74) is -0.929. The van der Waals surface area contributed by atoms with Gasteiger partial charge in [-0.1, -0.05) is 13.8 Å². The lowest BCUT2D eigenvalue weighted by Crippen LogP contribution is -2.39. The summed E-state index contributed by atoms with van der Waals surface area (Å²) < 4.78 is 5.43. The number of hydrogen-bond donors (Lipinski definition) is 2. The molecule has 0 aromatic heterocycles. The van der Waals surface area contributed by atoms with Gasteiger partial charge in [-0.3, -0.25) is 9.59 Å². The van der Waals surface area contributed by atoms with Crippen molar-refractivity contribution >= 4 is 11.9 Å². The molecular weight excluding hydrogens is 246 g/mol. The van der Waals surface area contributed by atoms with Gasteiger partial charge in [0.25, 0.3) is 0 Å². The lowest BCUT2D eigenvalue weighted by atomic mass is 9.79. The molecule has 1 fully saturated rings. The van der Waals surface area contributed by atoms with Crippen LogP contribution < -0.4 is 5.32 Å². The Morgan fingerprint density at radius 1 is 1.37 bits per heavy atom. The van der Waals surface area contributed by atoms with Crippen molar-refractivity contribution in [1.29, 1.82) is 0 Å². The van der Waals surface area contributed by atoms with E-state index in [1.807, 2.05) is 20.8 Å². The van der Waals surface area contributed by atoms with E-state index in [1.165, 1.54) is 0 Å². The van der Waals surface area contributed by atoms with Crippen molar-refractivity contribution in [3.8, 4) is 0 Å². The highest BCUT2D eigenvalue weighted by Crippen LogP contribution is 2.31. The van der Waals surface area contributed by atoms with Gasteiger partial charge >= 0.3 is 5.97 Å². The van der Waals surface area contributed by atoms with E-state index in [9.17, 15) is 14.7 Å². The number of carboxylic acids is 1. The van der Waals surface area contributed by atoms with Gasteiger partial charge in [-0.25, -0.2) is 0 Å². The number of carboxylic acid groups (broad SMARTS) is 1. The van der Waals surface area contributed by atoms with Gasteiger partial charge in [-0.2, -0.15) is 0 Å². The lowest BCUT2D eigenvalue weighted by molar-refractivity contribution is -0.152. The van der Waals surface area contributed by atoms with E-state index >= 15 is 0 Å². The standard InChI is InChI=1S/C14H25NO4/c1-4-14(5-2,13(17)18)8-12(16)15-9-11-6-7-19-10(11)3/h10-11H,4-9H2,1-3H3,(H,15,16)(H,17,18). The van der Waals surface area contributed by atoms with Crippen molar-refractivity contribution in [2.75, 3.05) is 13.2 Å². The molecule has 0 aromatic carbocycles. The maximum absolute atomic E-state index is 11.9. The second-order valence-electron chi connectivity index (χ2n) is 5.40. The maximum Gasteiger partial charge on any atom is 0.310 e. The highest BCUT2D eigenvalue weighted by molar-refractivity contribution is 5.84. The Morgan fingerprint density at radius 3 is 2.42 bits per heavy atom. The molecule has 0 spiro atoms. The quantitative estimate of drug-likeness (QED) is 0.740.